The van der Waals surface area contributed by atoms with Crippen LogP contribution in [-0.2, 0) is 17.9 Å². The predicted octanol–water partition coefficient (Wildman–Crippen LogP) is 2.84. The average Bonchev–Trinajstić information content (AvgIpc) is 3.27. The van der Waals surface area contributed by atoms with E-state index in [1.807, 2.05) is 63.9 Å². The molecule has 3 heterocycles. The third-order valence-corrected chi connectivity index (χ3v) is 6.03. The summed E-state index contributed by atoms with van der Waals surface area (Å²) >= 11 is 0. The van der Waals surface area contributed by atoms with E-state index >= 15 is 0 Å². The van der Waals surface area contributed by atoms with Gasteiger partial charge in [0.2, 0.25) is 5.95 Å². The van der Waals surface area contributed by atoms with Crippen LogP contribution < -0.4 is 10.2 Å². The number of hydrogen-bond acceptors (Lipinski definition) is 6. The smallest absolute Gasteiger partial charge is 0.318 e. The first-order valence-electron chi connectivity index (χ1n) is 11.1. The number of nitrogens with zero attached hydrogens (tertiary/aromatic N) is 6. The van der Waals surface area contributed by atoms with Gasteiger partial charge in [-0.25, -0.2) is 14.2 Å². The lowest BCUT2D eigenvalue weighted by atomic mass is 10.2. The molecule has 1 atom stereocenters. The van der Waals surface area contributed by atoms with Crippen LogP contribution in [0.25, 0.3) is 16.6 Å². The highest BCUT2D eigenvalue weighted by Gasteiger charge is 2.30. The van der Waals surface area contributed by atoms with E-state index in [2.05, 4.69) is 27.3 Å². The van der Waals surface area contributed by atoms with Crippen molar-refractivity contribution in [3.63, 3.8) is 0 Å². The minimum Gasteiger partial charge on any atom is -0.377 e. The zero-order valence-electron chi connectivity index (χ0n) is 18.8. The molecule has 1 N–H and O–H groups in total. The van der Waals surface area contributed by atoms with Gasteiger partial charge in [-0.2, -0.15) is 0 Å². The number of urea groups is 1. The number of amides is 2. The number of methoxy groups -OCH3 is 1. The fourth-order valence-electron chi connectivity index (χ4n) is 4.37. The Bertz CT molecular complexity index is 1270. The highest BCUT2D eigenvalue weighted by atomic mass is 16.5. The van der Waals surface area contributed by atoms with E-state index < -0.39 is 0 Å². The minimum atomic E-state index is -0.0491. The molecule has 0 aliphatic carbocycles. The molecule has 170 valence electrons. The van der Waals surface area contributed by atoms with Crippen LogP contribution in [0.15, 0.2) is 54.6 Å². The molecule has 9 heteroatoms. The average molecular weight is 446 g/mol. The summed E-state index contributed by atoms with van der Waals surface area (Å²) in [5.74, 6) is 1.48. The highest BCUT2D eigenvalue weighted by Crippen LogP contribution is 2.26. The molecule has 2 aromatic heterocycles. The number of para-hydroxylation sites is 1. The number of rotatable bonds is 5. The summed E-state index contributed by atoms with van der Waals surface area (Å²) in [6.45, 7) is 4.83. The summed E-state index contributed by atoms with van der Waals surface area (Å²) in [5, 5.41) is 12.8. The van der Waals surface area contributed by atoms with Gasteiger partial charge in [-0.15, -0.1) is 10.2 Å². The number of aromatic nitrogens is 4. The molecule has 0 spiro atoms. The van der Waals surface area contributed by atoms with E-state index in [-0.39, 0.29) is 12.1 Å². The molecule has 1 aliphatic rings. The Balaban J connectivity index is 1.39. The zero-order chi connectivity index (χ0) is 22.8. The molecule has 33 heavy (non-hydrogen) atoms. The lowest BCUT2D eigenvalue weighted by Gasteiger charge is -2.40. The second-order valence-electron chi connectivity index (χ2n) is 8.27. The zero-order valence-corrected chi connectivity index (χ0v) is 18.8. The summed E-state index contributed by atoms with van der Waals surface area (Å²) in [6, 6.07) is 17.8. The van der Waals surface area contributed by atoms with E-state index in [9.17, 15) is 4.79 Å². The maximum atomic E-state index is 12.8. The van der Waals surface area contributed by atoms with E-state index in [1.165, 1.54) is 0 Å². The normalized spacial score (nSPS) is 16.5. The number of fused-ring (bicyclic) bond motifs is 3. The van der Waals surface area contributed by atoms with Crippen LogP contribution in [-0.4, -0.2) is 63.3 Å². The molecular weight excluding hydrogens is 418 g/mol. The third-order valence-electron chi connectivity index (χ3n) is 6.03. The van der Waals surface area contributed by atoms with Gasteiger partial charge in [0, 0.05) is 44.7 Å². The van der Waals surface area contributed by atoms with Crippen molar-refractivity contribution in [3.05, 3.63) is 66.0 Å². The Morgan fingerprint density at radius 3 is 2.67 bits per heavy atom. The molecule has 4 aromatic rings. The van der Waals surface area contributed by atoms with Crippen molar-refractivity contribution in [2.45, 2.75) is 26.1 Å². The fraction of sp³-hybridized carbons (Fsp3) is 0.333. The van der Waals surface area contributed by atoms with Crippen LogP contribution >= 0.6 is 0 Å². The van der Waals surface area contributed by atoms with Crippen molar-refractivity contribution in [1.82, 2.24) is 29.8 Å². The van der Waals surface area contributed by atoms with Crippen molar-refractivity contribution in [1.29, 1.82) is 0 Å². The first kappa shape index (κ1) is 21.1. The summed E-state index contributed by atoms with van der Waals surface area (Å²) in [7, 11) is 1.64. The number of carbonyl (C=O) groups excluding carboxylic acids is 1. The van der Waals surface area contributed by atoms with Crippen molar-refractivity contribution < 1.29 is 9.53 Å². The van der Waals surface area contributed by atoms with Gasteiger partial charge in [0.05, 0.1) is 5.52 Å². The van der Waals surface area contributed by atoms with Crippen molar-refractivity contribution >= 4 is 28.5 Å². The van der Waals surface area contributed by atoms with Gasteiger partial charge < -0.3 is 19.9 Å². The van der Waals surface area contributed by atoms with Gasteiger partial charge in [0.25, 0.3) is 0 Å². The Morgan fingerprint density at radius 2 is 1.88 bits per heavy atom. The number of carbonyl (C=O) groups is 1. The SMILES string of the molecule is COCc1nnc2c3ccccc3nc(N3CCN(C(=O)NCc4ccccc4)[C@H](C)C3)n12. The molecule has 0 radical (unpaired) electrons. The maximum Gasteiger partial charge on any atom is 0.318 e. The predicted molar refractivity (Wildman–Crippen MR) is 126 cm³/mol. The molecule has 0 saturated carbocycles. The quantitative estimate of drug-likeness (QED) is 0.508. The Morgan fingerprint density at radius 1 is 1.09 bits per heavy atom. The molecule has 1 aliphatic heterocycles. The minimum absolute atomic E-state index is 0.0141. The second kappa shape index (κ2) is 9.03. The summed E-state index contributed by atoms with van der Waals surface area (Å²) in [4.78, 5) is 21.9. The lowest BCUT2D eigenvalue weighted by Crippen LogP contribution is -2.57. The van der Waals surface area contributed by atoms with E-state index in [0.717, 1.165) is 28.1 Å². The van der Waals surface area contributed by atoms with Gasteiger partial charge >= 0.3 is 6.03 Å². The van der Waals surface area contributed by atoms with E-state index in [0.29, 0.717) is 38.6 Å². The number of anilines is 1. The van der Waals surface area contributed by atoms with E-state index in [4.69, 9.17) is 9.72 Å². The summed E-state index contributed by atoms with van der Waals surface area (Å²) < 4.78 is 7.33. The van der Waals surface area contributed by atoms with Crippen LogP contribution in [0.4, 0.5) is 10.7 Å². The number of ether oxygens (including phenoxy) is 1. The molecule has 0 unspecified atom stereocenters. The number of benzene rings is 2. The largest absolute Gasteiger partial charge is 0.377 e. The molecular formula is C24H27N7O2. The first-order chi connectivity index (χ1) is 16.2. The first-order valence-corrected chi connectivity index (χ1v) is 11.1. The van der Waals surface area contributed by atoms with Gasteiger partial charge in [-0.1, -0.05) is 42.5 Å². The molecule has 2 aromatic carbocycles. The van der Waals surface area contributed by atoms with Crippen LogP contribution in [0, 0.1) is 0 Å². The topological polar surface area (TPSA) is 87.9 Å². The number of hydrogen-bond donors (Lipinski definition) is 1. The number of piperazine rings is 1. The summed E-state index contributed by atoms with van der Waals surface area (Å²) in [5.41, 5.74) is 2.71. The van der Waals surface area contributed by atoms with Crippen molar-refractivity contribution in [2.75, 3.05) is 31.6 Å². The molecule has 0 bridgehead atoms. The molecule has 9 nitrogen and oxygen atoms in total. The second-order valence-corrected chi connectivity index (χ2v) is 8.27. The third kappa shape index (κ3) is 4.07. The maximum absolute atomic E-state index is 12.8. The van der Waals surface area contributed by atoms with Gasteiger partial charge in [-0.05, 0) is 24.6 Å². The van der Waals surface area contributed by atoms with Crippen molar-refractivity contribution in [2.24, 2.45) is 0 Å². The van der Waals surface area contributed by atoms with Gasteiger partial charge in [0.1, 0.15) is 6.61 Å². The Hall–Kier alpha value is -3.72. The van der Waals surface area contributed by atoms with Gasteiger partial charge in [-0.3, -0.25) is 0 Å². The Kier molecular flexibility index (Phi) is 5.78. The van der Waals surface area contributed by atoms with Crippen molar-refractivity contribution in [3.8, 4) is 0 Å². The lowest BCUT2D eigenvalue weighted by molar-refractivity contribution is 0.170. The van der Waals surface area contributed by atoms with Gasteiger partial charge in [0.15, 0.2) is 11.5 Å². The summed E-state index contributed by atoms with van der Waals surface area (Å²) in [6.07, 6.45) is 0. The van der Waals surface area contributed by atoms with Crippen LogP contribution in [0.3, 0.4) is 0 Å². The number of nitrogens with one attached hydrogen (secondary N) is 1. The molecule has 5 rings (SSSR count). The standard InChI is InChI=1S/C24H27N7O2/c1-17-15-29(12-13-30(17)24(32)25-14-18-8-4-3-5-9-18)23-26-20-11-7-6-10-19(20)22-28-27-21(16-33-2)31(22)23/h3-11,17H,12-16H2,1-2H3,(H,25,32)/t17-/m1/s1. The van der Waals surface area contributed by atoms with Crippen LogP contribution in [0.2, 0.25) is 0 Å². The fourth-order valence-corrected chi connectivity index (χ4v) is 4.37. The van der Waals surface area contributed by atoms with Crippen LogP contribution in [0.5, 0.6) is 0 Å². The van der Waals surface area contributed by atoms with E-state index in [1.54, 1.807) is 7.11 Å². The van der Waals surface area contributed by atoms with Crippen LogP contribution in [0.1, 0.15) is 18.3 Å². The molecule has 1 fully saturated rings. The monoisotopic (exact) mass is 445 g/mol. The Labute approximate surface area is 192 Å². The molecule has 2 amide bonds. The highest BCUT2D eigenvalue weighted by molar-refractivity contribution is 5.92. The molecule has 1 saturated heterocycles.